The highest BCUT2D eigenvalue weighted by Gasteiger charge is 2.34. The second-order valence-corrected chi connectivity index (χ2v) is 6.69. The summed E-state index contributed by atoms with van der Waals surface area (Å²) in [5, 5.41) is 18.5. The summed E-state index contributed by atoms with van der Waals surface area (Å²) >= 11 is 1.61. The molecule has 3 N–H and O–H groups in total. The van der Waals surface area contributed by atoms with Crippen molar-refractivity contribution in [1.82, 2.24) is 10.6 Å². The summed E-state index contributed by atoms with van der Waals surface area (Å²) in [7, 11) is 0. The molecule has 0 saturated carbocycles. The van der Waals surface area contributed by atoms with Gasteiger partial charge in [-0.15, -0.1) is 11.3 Å². The molecule has 1 aliphatic rings. The molecule has 0 fully saturated rings. The molecule has 0 aliphatic heterocycles. The number of fused-ring (bicyclic) bond motifs is 1. The van der Waals surface area contributed by atoms with E-state index >= 15 is 0 Å². The van der Waals surface area contributed by atoms with Gasteiger partial charge < -0.3 is 15.7 Å². The molecule has 1 aliphatic carbocycles. The second-order valence-electron chi connectivity index (χ2n) is 5.66. The second kappa shape index (κ2) is 6.50. The smallest absolute Gasteiger partial charge is 0.315 e. The van der Waals surface area contributed by atoms with Crippen molar-refractivity contribution in [2.24, 2.45) is 0 Å². The molecule has 5 heteroatoms. The Kier molecular flexibility index (Phi) is 4.45. The lowest BCUT2D eigenvalue weighted by Gasteiger charge is -2.34. The van der Waals surface area contributed by atoms with E-state index in [9.17, 15) is 9.90 Å². The SMILES string of the molecule is O=C(NCc1cccs1)NCC1(O)CCCc2ccccc21. The Bertz CT molecular complexity index is 642. The summed E-state index contributed by atoms with van der Waals surface area (Å²) in [6.07, 6.45) is 2.60. The van der Waals surface area contributed by atoms with E-state index in [1.807, 2.05) is 35.7 Å². The number of rotatable bonds is 4. The summed E-state index contributed by atoms with van der Waals surface area (Å²) in [5.74, 6) is 0. The van der Waals surface area contributed by atoms with Gasteiger partial charge in [-0.3, -0.25) is 0 Å². The van der Waals surface area contributed by atoms with Gasteiger partial charge in [-0.05, 0) is 41.8 Å². The number of aliphatic hydroxyl groups is 1. The monoisotopic (exact) mass is 316 g/mol. The number of carbonyl (C=O) groups excluding carboxylic acids is 1. The molecule has 0 spiro atoms. The number of thiophene rings is 1. The zero-order valence-electron chi connectivity index (χ0n) is 12.3. The largest absolute Gasteiger partial charge is 0.383 e. The maximum atomic E-state index is 11.9. The molecule has 0 bridgehead atoms. The summed E-state index contributed by atoms with van der Waals surface area (Å²) in [5.41, 5.74) is 1.16. The first-order valence-corrected chi connectivity index (χ1v) is 8.40. The van der Waals surface area contributed by atoms with Gasteiger partial charge in [-0.25, -0.2) is 4.79 Å². The quantitative estimate of drug-likeness (QED) is 0.812. The standard InChI is InChI=1S/C17H20N2O2S/c20-16(18-11-14-7-4-10-22-14)19-12-17(21)9-3-6-13-5-1-2-8-15(13)17/h1-2,4-5,7-8,10,21H,3,6,9,11-12H2,(H2,18,19,20). The molecule has 1 unspecified atom stereocenters. The molecular formula is C17H20N2O2S. The fraction of sp³-hybridized carbons (Fsp3) is 0.353. The van der Waals surface area contributed by atoms with E-state index in [4.69, 9.17) is 0 Å². The van der Waals surface area contributed by atoms with Crippen LogP contribution in [0.2, 0.25) is 0 Å². The van der Waals surface area contributed by atoms with Gasteiger partial charge in [0.15, 0.2) is 0 Å². The van der Waals surface area contributed by atoms with Crippen molar-refractivity contribution in [3.05, 3.63) is 57.8 Å². The molecule has 116 valence electrons. The highest BCUT2D eigenvalue weighted by atomic mass is 32.1. The van der Waals surface area contributed by atoms with E-state index in [-0.39, 0.29) is 12.6 Å². The van der Waals surface area contributed by atoms with Crippen molar-refractivity contribution in [1.29, 1.82) is 0 Å². The molecule has 1 atom stereocenters. The van der Waals surface area contributed by atoms with Gasteiger partial charge in [-0.2, -0.15) is 0 Å². The van der Waals surface area contributed by atoms with Crippen LogP contribution in [-0.2, 0) is 18.6 Å². The lowest BCUT2D eigenvalue weighted by molar-refractivity contribution is 0.0217. The molecule has 1 aromatic carbocycles. The van der Waals surface area contributed by atoms with Crippen LogP contribution in [0.25, 0.3) is 0 Å². The zero-order valence-corrected chi connectivity index (χ0v) is 13.2. The number of urea groups is 1. The molecule has 4 nitrogen and oxygen atoms in total. The molecule has 3 rings (SSSR count). The van der Waals surface area contributed by atoms with Crippen LogP contribution in [0, 0.1) is 0 Å². The van der Waals surface area contributed by atoms with E-state index in [1.165, 1.54) is 5.56 Å². The van der Waals surface area contributed by atoms with Crippen LogP contribution in [0.5, 0.6) is 0 Å². The number of hydrogen-bond acceptors (Lipinski definition) is 3. The normalized spacial score (nSPS) is 20.2. The molecule has 0 saturated heterocycles. The van der Waals surface area contributed by atoms with Gasteiger partial charge >= 0.3 is 6.03 Å². The Morgan fingerprint density at radius 2 is 2.09 bits per heavy atom. The number of nitrogens with one attached hydrogen (secondary N) is 2. The fourth-order valence-corrected chi connectivity index (χ4v) is 3.60. The highest BCUT2D eigenvalue weighted by Crippen LogP contribution is 2.34. The summed E-state index contributed by atoms with van der Waals surface area (Å²) in [4.78, 5) is 13.0. The third-order valence-corrected chi connectivity index (χ3v) is 4.98. The van der Waals surface area contributed by atoms with Crippen molar-refractivity contribution in [2.45, 2.75) is 31.4 Å². The highest BCUT2D eigenvalue weighted by molar-refractivity contribution is 7.09. The van der Waals surface area contributed by atoms with Crippen molar-refractivity contribution in [2.75, 3.05) is 6.54 Å². The van der Waals surface area contributed by atoms with Crippen LogP contribution in [-0.4, -0.2) is 17.7 Å². The molecule has 22 heavy (non-hydrogen) atoms. The van der Waals surface area contributed by atoms with Crippen LogP contribution < -0.4 is 10.6 Å². The zero-order chi connectivity index (χ0) is 15.4. The number of benzene rings is 1. The van der Waals surface area contributed by atoms with Crippen LogP contribution in [0.15, 0.2) is 41.8 Å². The minimum atomic E-state index is -0.963. The van der Waals surface area contributed by atoms with Gasteiger partial charge in [0.05, 0.1) is 13.1 Å². The van der Waals surface area contributed by atoms with E-state index in [0.29, 0.717) is 13.0 Å². The fourth-order valence-electron chi connectivity index (χ4n) is 2.95. The van der Waals surface area contributed by atoms with E-state index in [1.54, 1.807) is 11.3 Å². The van der Waals surface area contributed by atoms with Crippen LogP contribution in [0.1, 0.15) is 28.8 Å². The Balaban J connectivity index is 1.58. The van der Waals surface area contributed by atoms with Crippen LogP contribution >= 0.6 is 11.3 Å². The average Bonchev–Trinajstić information content (AvgIpc) is 3.05. The van der Waals surface area contributed by atoms with E-state index < -0.39 is 5.60 Å². The van der Waals surface area contributed by atoms with Gasteiger partial charge in [0, 0.05) is 4.88 Å². The molecular weight excluding hydrogens is 296 g/mol. The Morgan fingerprint density at radius 1 is 1.23 bits per heavy atom. The maximum absolute atomic E-state index is 11.9. The first-order valence-electron chi connectivity index (χ1n) is 7.52. The third kappa shape index (κ3) is 3.31. The van der Waals surface area contributed by atoms with Gasteiger partial charge in [0.25, 0.3) is 0 Å². The predicted octanol–water partition coefficient (Wildman–Crippen LogP) is 2.77. The molecule has 1 aromatic heterocycles. The first kappa shape index (κ1) is 15.1. The summed E-state index contributed by atoms with van der Waals surface area (Å²) in [6.45, 7) is 0.749. The van der Waals surface area contributed by atoms with Gasteiger partial charge in [0.1, 0.15) is 5.60 Å². The van der Waals surface area contributed by atoms with Crippen molar-refractivity contribution >= 4 is 17.4 Å². The average molecular weight is 316 g/mol. The Labute approximate surface area is 134 Å². The topological polar surface area (TPSA) is 61.4 Å². The molecule has 1 heterocycles. The Morgan fingerprint density at radius 3 is 2.91 bits per heavy atom. The minimum absolute atomic E-state index is 0.236. The van der Waals surface area contributed by atoms with Crippen LogP contribution in [0.3, 0.4) is 0 Å². The Hall–Kier alpha value is -1.85. The summed E-state index contributed by atoms with van der Waals surface area (Å²) < 4.78 is 0. The number of amides is 2. The molecule has 2 amide bonds. The van der Waals surface area contributed by atoms with Crippen molar-refractivity contribution < 1.29 is 9.90 Å². The molecule has 2 aromatic rings. The first-order chi connectivity index (χ1) is 10.7. The van der Waals surface area contributed by atoms with Crippen molar-refractivity contribution in [3.63, 3.8) is 0 Å². The maximum Gasteiger partial charge on any atom is 0.315 e. The number of carbonyl (C=O) groups is 1. The third-order valence-electron chi connectivity index (χ3n) is 4.10. The van der Waals surface area contributed by atoms with Crippen molar-refractivity contribution in [3.8, 4) is 0 Å². The summed E-state index contributed by atoms with van der Waals surface area (Å²) in [6, 6.07) is 11.6. The number of hydrogen-bond donors (Lipinski definition) is 3. The minimum Gasteiger partial charge on any atom is -0.383 e. The van der Waals surface area contributed by atoms with Gasteiger partial charge in [-0.1, -0.05) is 30.3 Å². The lowest BCUT2D eigenvalue weighted by atomic mass is 9.79. The van der Waals surface area contributed by atoms with E-state index in [2.05, 4.69) is 16.7 Å². The van der Waals surface area contributed by atoms with Crippen LogP contribution in [0.4, 0.5) is 4.79 Å². The van der Waals surface area contributed by atoms with E-state index in [0.717, 1.165) is 23.3 Å². The molecule has 0 radical (unpaired) electrons. The number of aryl methyl sites for hydroxylation is 1. The predicted molar refractivity (Wildman–Crippen MR) is 87.8 cm³/mol. The van der Waals surface area contributed by atoms with Gasteiger partial charge in [0.2, 0.25) is 0 Å². The lowest BCUT2D eigenvalue weighted by Crippen LogP contribution is -2.46.